The van der Waals surface area contributed by atoms with E-state index >= 15 is 0 Å². The maximum atomic E-state index is 12.6. The lowest BCUT2D eigenvalue weighted by Gasteiger charge is -2.21. The highest BCUT2D eigenvalue weighted by Crippen LogP contribution is 2.30. The van der Waals surface area contributed by atoms with Gasteiger partial charge in [0.1, 0.15) is 0 Å². The number of hydrogen-bond donors (Lipinski definition) is 1. The first-order valence-corrected chi connectivity index (χ1v) is 6.26. The Balaban J connectivity index is 2.52. The Kier molecular flexibility index (Phi) is 3.26. The van der Waals surface area contributed by atoms with Crippen molar-refractivity contribution in [2.75, 3.05) is 6.54 Å². The van der Waals surface area contributed by atoms with Crippen LogP contribution in [0.1, 0.15) is 30.6 Å². The van der Waals surface area contributed by atoms with Crippen LogP contribution in [-0.2, 0) is 7.05 Å². The summed E-state index contributed by atoms with van der Waals surface area (Å²) in [7, 11) is 1.97. The first kappa shape index (κ1) is 12.8. The summed E-state index contributed by atoms with van der Waals surface area (Å²) in [5, 5.41) is 1.02. The van der Waals surface area contributed by atoms with Crippen molar-refractivity contribution in [2.24, 2.45) is 18.2 Å². The summed E-state index contributed by atoms with van der Waals surface area (Å²) >= 11 is 0. The summed E-state index contributed by atoms with van der Waals surface area (Å²) in [5.74, 6) is 0.171. The molecule has 0 aliphatic heterocycles. The van der Waals surface area contributed by atoms with Crippen molar-refractivity contribution >= 4 is 16.7 Å². The van der Waals surface area contributed by atoms with Gasteiger partial charge in [-0.3, -0.25) is 4.79 Å². The molecule has 0 saturated carbocycles. The molecule has 2 N–H and O–H groups in total. The monoisotopic (exact) mass is 244 g/mol. The molecule has 0 unspecified atom stereocenters. The van der Waals surface area contributed by atoms with Gasteiger partial charge in [0, 0.05) is 35.1 Å². The smallest absolute Gasteiger partial charge is 0.170 e. The summed E-state index contributed by atoms with van der Waals surface area (Å²) in [6, 6.07) is 7.99. The van der Waals surface area contributed by atoms with Crippen LogP contribution in [0.25, 0.3) is 10.9 Å². The van der Waals surface area contributed by atoms with E-state index in [2.05, 4.69) is 0 Å². The number of ketones is 1. The molecule has 1 heterocycles. The summed E-state index contributed by atoms with van der Waals surface area (Å²) in [4.78, 5) is 12.6. The van der Waals surface area contributed by atoms with Crippen LogP contribution in [-0.4, -0.2) is 16.9 Å². The Hall–Kier alpha value is -1.61. The number of benzene rings is 1. The Morgan fingerprint density at radius 1 is 1.33 bits per heavy atom. The SMILES string of the molecule is Cn1cc(C(=O)C(C)(C)CCN)c2ccccc21. The van der Waals surface area contributed by atoms with Crippen molar-refractivity contribution < 1.29 is 4.79 Å². The van der Waals surface area contributed by atoms with Gasteiger partial charge in [0.15, 0.2) is 5.78 Å². The van der Waals surface area contributed by atoms with Gasteiger partial charge in [-0.2, -0.15) is 0 Å². The normalized spacial score (nSPS) is 12.0. The minimum absolute atomic E-state index is 0.171. The van der Waals surface area contributed by atoms with Crippen molar-refractivity contribution in [3.8, 4) is 0 Å². The zero-order valence-electron chi connectivity index (χ0n) is 11.2. The molecule has 0 aliphatic carbocycles. The van der Waals surface area contributed by atoms with Gasteiger partial charge in [0.2, 0.25) is 0 Å². The summed E-state index contributed by atoms with van der Waals surface area (Å²) in [6.45, 7) is 4.46. The van der Waals surface area contributed by atoms with E-state index in [0.717, 1.165) is 16.5 Å². The molecule has 18 heavy (non-hydrogen) atoms. The Bertz CT molecular complexity index is 581. The van der Waals surface area contributed by atoms with Gasteiger partial charge >= 0.3 is 0 Å². The van der Waals surface area contributed by atoms with Crippen LogP contribution in [0.4, 0.5) is 0 Å². The predicted octanol–water partition coefficient (Wildman–Crippen LogP) is 2.74. The van der Waals surface area contributed by atoms with E-state index in [9.17, 15) is 4.79 Å². The second-order valence-corrected chi connectivity index (χ2v) is 5.42. The zero-order chi connectivity index (χ0) is 13.3. The largest absolute Gasteiger partial charge is 0.350 e. The maximum Gasteiger partial charge on any atom is 0.170 e. The maximum absolute atomic E-state index is 12.6. The average Bonchev–Trinajstić information content (AvgIpc) is 2.66. The number of rotatable bonds is 4. The first-order chi connectivity index (χ1) is 8.47. The van der Waals surface area contributed by atoms with Crippen molar-refractivity contribution in [1.82, 2.24) is 4.57 Å². The fraction of sp³-hybridized carbons (Fsp3) is 0.400. The minimum Gasteiger partial charge on any atom is -0.350 e. The molecular formula is C15H20N2O. The first-order valence-electron chi connectivity index (χ1n) is 6.26. The van der Waals surface area contributed by atoms with Gasteiger partial charge in [-0.1, -0.05) is 32.0 Å². The number of nitrogens with two attached hydrogens (primary N) is 1. The summed E-state index contributed by atoms with van der Waals surface area (Å²) < 4.78 is 2.00. The van der Waals surface area contributed by atoms with E-state index in [-0.39, 0.29) is 5.78 Å². The highest BCUT2D eigenvalue weighted by atomic mass is 16.1. The number of hydrogen-bond acceptors (Lipinski definition) is 2. The zero-order valence-corrected chi connectivity index (χ0v) is 11.2. The van der Waals surface area contributed by atoms with Crippen LogP contribution in [0.15, 0.2) is 30.5 Å². The van der Waals surface area contributed by atoms with Crippen LogP contribution in [0.2, 0.25) is 0 Å². The van der Waals surface area contributed by atoms with Gasteiger partial charge in [-0.15, -0.1) is 0 Å². The molecule has 0 amide bonds. The molecule has 0 saturated heterocycles. The highest BCUT2D eigenvalue weighted by Gasteiger charge is 2.29. The van der Waals surface area contributed by atoms with Crippen molar-refractivity contribution in [2.45, 2.75) is 20.3 Å². The number of para-hydroxylation sites is 1. The molecule has 2 rings (SSSR count). The van der Waals surface area contributed by atoms with E-state index in [1.807, 2.05) is 55.9 Å². The molecule has 0 spiro atoms. The molecule has 96 valence electrons. The molecule has 0 aliphatic rings. The second-order valence-electron chi connectivity index (χ2n) is 5.42. The third-order valence-electron chi connectivity index (χ3n) is 3.53. The summed E-state index contributed by atoms with van der Waals surface area (Å²) in [6.07, 6.45) is 2.63. The van der Waals surface area contributed by atoms with E-state index < -0.39 is 5.41 Å². The molecule has 3 nitrogen and oxygen atoms in total. The molecule has 0 bridgehead atoms. The lowest BCUT2D eigenvalue weighted by atomic mass is 9.81. The Morgan fingerprint density at radius 2 is 2.00 bits per heavy atom. The lowest BCUT2D eigenvalue weighted by Crippen LogP contribution is -2.27. The Morgan fingerprint density at radius 3 is 2.67 bits per heavy atom. The van der Waals surface area contributed by atoms with E-state index in [4.69, 9.17) is 5.73 Å². The molecular weight excluding hydrogens is 224 g/mol. The van der Waals surface area contributed by atoms with Gasteiger partial charge in [-0.25, -0.2) is 0 Å². The topological polar surface area (TPSA) is 48.0 Å². The number of carbonyl (C=O) groups excluding carboxylic acids is 1. The van der Waals surface area contributed by atoms with Gasteiger partial charge in [0.05, 0.1) is 0 Å². The van der Waals surface area contributed by atoms with Crippen LogP contribution in [0.3, 0.4) is 0 Å². The number of carbonyl (C=O) groups is 1. The molecule has 1 aromatic carbocycles. The Labute approximate surface area is 108 Å². The fourth-order valence-corrected chi connectivity index (χ4v) is 2.36. The molecule has 0 fully saturated rings. The average molecular weight is 244 g/mol. The number of nitrogens with zero attached hydrogens (tertiary/aromatic N) is 1. The van der Waals surface area contributed by atoms with E-state index in [1.165, 1.54) is 0 Å². The van der Waals surface area contributed by atoms with Crippen molar-refractivity contribution in [1.29, 1.82) is 0 Å². The second kappa shape index (κ2) is 4.58. The quantitative estimate of drug-likeness (QED) is 0.841. The fourth-order valence-electron chi connectivity index (χ4n) is 2.36. The standard InChI is InChI=1S/C15H20N2O/c1-15(2,8-9-16)14(18)12-10-17(3)13-7-5-4-6-11(12)13/h4-7,10H,8-9,16H2,1-3H3. The van der Waals surface area contributed by atoms with Crippen LogP contribution >= 0.6 is 0 Å². The molecule has 0 radical (unpaired) electrons. The van der Waals surface area contributed by atoms with E-state index in [1.54, 1.807) is 0 Å². The number of aryl methyl sites for hydroxylation is 1. The van der Waals surface area contributed by atoms with Crippen molar-refractivity contribution in [3.63, 3.8) is 0 Å². The van der Waals surface area contributed by atoms with Gasteiger partial charge < -0.3 is 10.3 Å². The predicted molar refractivity (Wildman–Crippen MR) is 74.7 cm³/mol. The number of aromatic nitrogens is 1. The number of fused-ring (bicyclic) bond motifs is 1. The molecule has 3 heteroatoms. The van der Waals surface area contributed by atoms with Crippen LogP contribution < -0.4 is 5.73 Å². The molecule has 0 atom stereocenters. The van der Waals surface area contributed by atoms with Crippen LogP contribution in [0, 0.1) is 5.41 Å². The van der Waals surface area contributed by atoms with Gasteiger partial charge in [-0.05, 0) is 19.0 Å². The third-order valence-corrected chi connectivity index (χ3v) is 3.53. The van der Waals surface area contributed by atoms with Crippen LogP contribution in [0.5, 0.6) is 0 Å². The van der Waals surface area contributed by atoms with Gasteiger partial charge in [0.25, 0.3) is 0 Å². The molecule has 1 aromatic heterocycles. The highest BCUT2D eigenvalue weighted by molar-refractivity contribution is 6.10. The van der Waals surface area contributed by atoms with E-state index in [0.29, 0.717) is 13.0 Å². The number of Topliss-reactive ketones (excluding diaryl/α,β-unsaturated/α-hetero) is 1. The van der Waals surface area contributed by atoms with Crippen molar-refractivity contribution in [3.05, 3.63) is 36.0 Å². The molecule has 2 aromatic rings. The third kappa shape index (κ3) is 2.06. The summed E-state index contributed by atoms with van der Waals surface area (Å²) in [5.41, 5.74) is 7.07. The minimum atomic E-state index is -0.404. The lowest BCUT2D eigenvalue weighted by molar-refractivity contribution is 0.0831.